The average molecular weight is 280 g/mol. The lowest BCUT2D eigenvalue weighted by atomic mass is 9.98. The van der Waals surface area contributed by atoms with E-state index in [0.717, 1.165) is 11.1 Å². The van der Waals surface area contributed by atoms with Crippen LogP contribution in [0.1, 0.15) is 28.4 Å². The van der Waals surface area contributed by atoms with Gasteiger partial charge in [0.2, 0.25) is 0 Å². The second kappa shape index (κ2) is 4.77. The molecule has 0 aliphatic rings. The Morgan fingerprint density at radius 2 is 1.81 bits per heavy atom. The van der Waals surface area contributed by atoms with Crippen LogP contribution in [0.4, 0.5) is 0 Å². The summed E-state index contributed by atoms with van der Waals surface area (Å²) in [5.74, 6) is 0.679. The fourth-order valence-corrected chi connectivity index (χ4v) is 2.70. The van der Waals surface area contributed by atoms with Gasteiger partial charge >= 0.3 is 0 Å². The first-order valence-corrected chi connectivity index (χ1v) is 6.82. The van der Waals surface area contributed by atoms with E-state index in [4.69, 9.17) is 4.42 Å². The van der Waals surface area contributed by atoms with Gasteiger partial charge in [-0.25, -0.2) is 0 Å². The van der Waals surface area contributed by atoms with E-state index in [1.54, 1.807) is 13.0 Å². The molecule has 0 radical (unpaired) electrons. The minimum Gasteiger partial charge on any atom is -0.508 e. The third kappa shape index (κ3) is 2.02. The lowest BCUT2D eigenvalue weighted by Crippen LogP contribution is -1.94. The van der Waals surface area contributed by atoms with E-state index < -0.39 is 0 Å². The summed E-state index contributed by atoms with van der Waals surface area (Å²) >= 11 is 0. The van der Waals surface area contributed by atoms with Crippen molar-refractivity contribution in [2.45, 2.75) is 20.8 Å². The Labute approximate surface area is 122 Å². The SMILES string of the molecule is CC(=O)c1c(-c2ccccc2)oc2c(C)cc(O)c(C)c12. The summed E-state index contributed by atoms with van der Waals surface area (Å²) < 4.78 is 5.98. The number of fused-ring (bicyclic) bond motifs is 1. The molecule has 3 aromatic rings. The maximum atomic E-state index is 12.1. The molecule has 0 amide bonds. The zero-order valence-electron chi connectivity index (χ0n) is 12.2. The molecule has 21 heavy (non-hydrogen) atoms. The highest BCUT2D eigenvalue weighted by Crippen LogP contribution is 2.40. The Morgan fingerprint density at radius 3 is 2.43 bits per heavy atom. The Bertz CT molecular complexity index is 842. The van der Waals surface area contributed by atoms with Crippen molar-refractivity contribution in [3.63, 3.8) is 0 Å². The van der Waals surface area contributed by atoms with E-state index in [-0.39, 0.29) is 11.5 Å². The normalized spacial score (nSPS) is 11.0. The zero-order chi connectivity index (χ0) is 15.1. The Hall–Kier alpha value is -2.55. The molecule has 1 heterocycles. The number of Topliss-reactive ketones (excluding diaryl/α,β-unsaturated/α-hetero) is 1. The highest BCUT2D eigenvalue weighted by molar-refractivity contribution is 6.13. The van der Waals surface area contributed by atoms with Crippen molar-refractivity contribution in [2.24, 2.45) is 0 Å². The molecule has 1 aromatic heterocycles. The van der Waals surface area contributed by atoms with Crippen molar-refractivity contribution in [3.8, 4) is 17.1 Å². The number of phenolic OH excluding ortho intramolecular Hbond substituents is 1. The van der Waals surface area contributed by atoms with Crippen LogP contribution in [0.3, 0.4) is 0 Å². The van der Waals surface area contributed by atoms with Crippen LogP contribution in [0.15, 0.2) is 40.8 Å². The predicted molar refractivity (Wildman–Crippen MR) is 82.8 cm³/mol. The topological polar surface area (TPSA) is 50.4 Å². The number of carbonyl (C=O) groups is 1. The Balaban J connectivity index is 2.47. The van der Waals surface area contributed by atoms with Gasteiger partial charge in [0.25, 0.3) is 0 Å². The first-order chi connectivity index (χ1) is 10.0. The van der Waals surface area contributed by atoms with Gasteiger partial charge in [-0.1, -0.05) is 30.3 Å². The number of hydrogen-bond donors (Lipinski definition) is 1. The van der Waals surface area contributed by atoms with Gasteiger partial charge in [0, 0.05) is 16.5 Å². The fourth-order valence-electron chi connectivity index (χ4n) is 2.70. The third-order valence-electron chi connectivity index (χ3n) is 3.77. The first-order valence-electron chi connectivity index (χ1n) is 6.82. The molecule has 3 heteroatoms. The predicted octanol–water partition coefficient (Wildman–Crippen LogP) is 4.62. The van der Waals surface area contributed by atoms with E-state index >= 15 is 0 Å². The molecule has 0 aliphatic carbocycles. The summed E-state index contributed by atoms with van der Waals surface area (Å²) in [5, 5.41) is 10.7. The summed E-state index contributed by atoms with van der Waals surface area (Å²) in [6.07, 6.45) is 0. The molecular formula is C18H16O3. The molecule has 0 saturated carbocycles. The standard InChI is InChI=1S/C18H16O3/c1-10-9-14(20)11(2)15-16(12(3)19)18(21-17(10)15)13-7-5-4-6-8-13/h4-9,20H,1-3H3. The Morgan fingerprint density at radius 1 is 1.14 bits per heavy atom. The molecule has 106 valence electrons. The number of ketones is 1. The minimum absolute atomic E-state index is 0.0688. The number of carbonyl (C=O) groups excluding carboxylic acids is 1. The zero-order valence-corrected chi connectivity index (χ0v) is 12.2. The van der Waals surface area contributed by atoms with Gasteiger partial charge in [0.05, 0.1) is 5.56 Å². The molecule has 3 nitrogen and oxygen atoms in total. The van der Waals surface area contributed by atoms with E-state index in [2.05, 4.69) is 0 Å². The average Bonchev–Trinajstić information content (AvgIpc) is 2.87. The van der Waals surface area contributed by atoms with Crippen molar-refractivity contribution in [2.75, 3.05) is 0 Å². The molecule has 0 saturated heterocycles. The number of furan rings is 1. The lowest BCUT2D eigenvalue weighted by Gasteiger charge is -2.04. The molecule has 0 fully saturated rings. The third-order valence-corrected chi connectivity index (χ3v) is 3.77. The van der Waals surface area contributed by atoms with Crippen molar-refractivity contribution in [1.82, 2.24) is 0 Å². The fraction of sp³-hybridized carbons (Fsp3) is 0.167. The van der Waals surface area contributed by atoms with Crippen LogP contribution in [0, 0.1) is 13.8 Å². The molecule has 2 aromatic carbocycles. The molecular weight excluding hydrogens is 264 g/mol. The van der Waals surface area contributed by atoms with Crippen LogP contribution in [-0.4, -0.2) is 10.9 Å². The minimum atomic E-state index is -0.0688. The highest BCUT2D eigenvalue weighted by atomic mass is 16.3. The van der Waals surface area contributed by atoms with E-state index in [1.807, 2.05) is 37.3 Å². The summed E-state index contributed by atoms with van der Waals surface area (Å²) in [5.41, 5.74) is 3.55. The number of aryl methyl sites for hydroxylation is 2. The summed E-state index contributed by atoms with van der Waals surface area (Å²) in [6.45, 7) is 5.19. The Kier molecular flexibility index (Phi) is 3.05. The number of phenols is 1. The van der Waals surface area contributed by atoms with Crippen molar-refractivity contribution in [1.29, 1.82) is 0 Å². The van der Waals surface area contributed by atoms with Gasteiger partial charge in [-0.2, -0.15) is 0 Å². The van der Waals surface area contributed by atoms with Crippen molar-refractivity contribution >= 4 is 16.8 Å². The summed E-state index contributed by atoms with van der Waals surface area (Å²) in [4.78, 5) is 12.1. The van der Waals surface area contributed by atoms with Crippen LogP contribution in [-0.2, 0) is 0 Å². The van der Waals surface area contributed by atoms with E-state index in [1.165, 1.54) is 6.92 Å². The van der Waals surface area contributed by atoms with Gasteiger partial charge < -0.3 is 9.52 Å². The van der Waals surface area contributed by atoms with Gasteiger partial charge in [0.1, 0.15) is 17.1 Å². The first kappa shape index (κ1) is 13.4. The maximum Gasteiger partial charge on any atom is 0.164 e. The molecule has 0 atom stereocenters. The number of aromatic hydroxyl groups is 1. The summed E-state index contributed by atoms with van der Waals surface area (Å²) in [6, 6.07) is 11.2. The number of hydrogen-bond acceptors (Lipinski definition) is 3. The molecule has 0 aliphatic heterocycles. The quantitative estimate of drug-likeness (QED) is 0.696. The van der Waals surface area contributed by atoms with Crippen LogP contribution >= 0.6 is 0 Å². The molecule has 0 spiro atoms. The largest absolute Gasteiger partial charge is 0.508 e. The molecule has 3 rings (SSSR count). The molecule has 0 unspecified atom stereocenters. The second-order valence-corrected chi connectivity index (χ2v) is 5.27. The van der Waals surface area contributed by atoms with Gasteiger partial charge in [-0.3, -0.25) is 4.79 Å². The number of benzene rings is 2. The van der Waals surface area contributed by atoms with Crippen LogP contribution < -0.4 is 0 Å². The van der Waals surface area contributed by atoms with Crippen LogP contribution in [0.25, 0.3) is 22.3 Å². The second-order valence-electron chi connectivity index (χ2n) is 5.27. The van der Waals surface area contributed by atoms with Crippen LogP contribution in [0.5, 0.6) is 5.75 Å². The maximum absolute atomic E-state index is 12.1. The van der Waals surface area contributed by atoms with Crippen molar-refractivity contribution < 1.29 is 14.3 Å². The smallest absolute Gasteiger partial charge is 0.164 e. The molecule has 1 N–H and O–H groups in total. The van der Waals surface area contributed by atoms with Gasteiger partial charge in [0.15, 0.2) is 5.78 Å². The molecule has 0 bridgehead atoms. The lowest BCUT2D eigenvalue weighted by molar-refractivity contribution is 0.101. The summed E-state index contributed by atoms with van der Waals surface area (Å²) in [7, 11) is 0. The van der Waals surface area contributed by atoms with E-state index in [9.17, 15) is 9.90 Å². The van der Waals surface area contributed by atoms with Gasteiger partial charge in [-0.05, 0) is 32.4 Å². The van der Waals surface area contributed by atoms with Crippen LogP contribution in [0.2, 0.25) is 0 Å². The van der Waals surface area contributed by atoms with Gasteiger partial charge in [-0.15, -0.1) is 0 Å². The van der Waals surface area contributed by atoms with Crippen molar-refractivity contribution in [3.05, 3.63) is 53.1 Å². The monoisotopic (exact) mass is 280 g/mol. The van der Waals surface area contributed by atoms with E-state index in [0.29, 0.717) is 27.9 Å². The highest BCUT2D eigenvalue weighted by Gasteiger charge is 2.23. The number of rotatable bonds is 2.